The summed E-state index contributed by atoms with van der Waals surface area (Å²) >= 11 is 0. The lowest BCUT2D eigenvalue weighted by atomic mass is 9.49. The maximum atomic E-state index is 13.0. The van der Waals surface area contributed by atoms with Crippen molar-refractivity contribution in [3.63, 3.8) is 0 Å². The number of fused-ring (bicyclic) bond motifs is 3. The van der Waals surface area contributed by atoms with Crippen LogP contribution in [-0.4, -0.2) is 24.4 Å². The molecule has 154 valence electrons. The summed E-state index contributed by atoms with van der Waals surface area (Å²) in [6, 6.07) is 6.08. The quantitative estimate of drug-likeness (QED) is 0.770. The molecule has 0 unspecified atom stereocenters. The lowest BCUT2D eigenvalue weighted by molar-refractivity contribution is -0.174. The predicted octanol–water partition coefficient (Wildman–Crippen LogP) is 5.14. The van der Waals surface area contributed by atoms with Crippen molar-refractivity contribution in [1.29, 1.82) is 0 Å². The highest BCUT2D eigenvalue weighted by Gasteiger charge is 2.54. The van der Waals surface area contributed by atoms with Crippen molar-refractivity contribution >= 4 is 11.7 Å². The number of carbonyl (C=O) groups is 2. The molecule has 3 rings (SSSR count). The van der Waals surface area contributed by atoms with E-state index in [9.17, 15) is 22.8 Å². The smallest absolute Gasteiger partial charge is 0.348 e. The van der Waals surface area contributed by atoms with Gasteiger partial charge in [0.15, 0.2) is 5.78 Å². The average molecular weight is 395 g/mol. The fraction of sp³-hybridized carbons (Fsp3) is 0.636. The Balaban J connectivity index is 1.95. The number of nitrogens with one attached hydrogen (secondary N) is 1. The van der Waals surface area contributed by atoms with Gasteiger partial charge in [0, 0.05) is 18.5 Å². The van der Waals surface area contributed by atoms with Crippen LogP contribution in [-0.2, 0) is 10.2 Å². The zero-order valence-electron chi connectivity index (χ0n) is 16.9. The molecule has 0 radical (unpaired) electrons. The van der Waals surface area contributed by atoms with E-state index in [1.807, 2.05) is 19.1 Å². The van der Waals surface area contributed by atoms with Crippen molar-refractivity contribution < 1.29 is 22.8 Å². The van der Waals surface area contributed by atoms with E-state index in [2.05, 4.69) is 32.2 Å². The standard InChI is InChI=1S/C22H28F3NO2/c1-13(2)14-6-7-16-15(10-14)17(27)11-18-20(3,8-5-9-21(16,18)4)12-26-19(28)22(23,24)25/h6-7,10,13,18H,5,8-9,11-12H2,1-4H3,(H,26,28)/t18-,20-,21+/m0/s1. The second kappa shape index (κ2) is 6.89. The summed E-state index contributed by atoms with van der Waals surface area (Å²) in [6.07, 6.45) is -2.15. The number of halogens is 3. The predicted molar refractivity (Wildman–Crippen MR) is 101 cm³/mol. The monoisotopic (exact) mass is 395 g/mol. The van der Waals surface area contributed by atoms with Crippen molar-refractivity contribution in [2.75, 3.05) is 6.54 Å². The summed E-state index contributed by atoms with van der Waals surface area (Å²) in [6.45, 7) is 8.13. The maximum absolute atomic E-state index is 13.0. The third-order valence-corrected chi connectivity index (χ3v) is 6.98. The second-order valence-electron chi connectivity index (χ2n) is 9.25. The van der Waals surface area contributed by atoms with Crippen molar-refractivity contribution in [1.82, 2.24) is 5.32 Å². The molecule has 0 aliphatic heterocycles. The first kappa shape index (κ1) is 20.9. The molecule has 3 atom stereocenters. The molecule has 1 fully saturated rings. The van der Waals surface area contributed by atoms with Gasteiger partial charge in [-0.25, -0.2) is 0 Å². The van der Waals surface area contributed by atoms with Gasteiger partial charge < -0.3 is 5.32 Å². The molecule has 0 saturated heterocycles. The molecule has 0 spiro atoms. The molecule has 1 amide bonds. The van der Waals surface area contributed by atoms with Crippen LogP contribution in [0.5, 0.6) is 0 Å². The van der Waals surface area contributed by atoms with Gasteiger partial charge in [0.05, 0.1) is 0 Å². The van der Waals surface area contributed by atoms with Gasteiger partial charge in [-0.2, -0.15) is 13.2 Å². The van der Waals surface area contributed by atoms with E-state index in [1.165, 1.54) is 0 Å². The van der Waals surface area contributed by atoms with E-state index in [-0.39, 0.29) is 23.7 Å². The van der Waals surface area contributed by atoms with Gasteiger partial charge in [-0.1, -0.05) is 46.2 Å². The maximum Gasteiger partial charge on any atom is 0.471 e. The van der Waals surface area contributed by atoms with Gasteiger partial charge in [-0.3, -0.25) is 9.59 Å². The molecule has 0 heterocycles. The van der Waals surface area contributed by atoms with Crippen LogP contribution >= 0.6 is 0 Å². The minimum atomic E-state index is -4.89. The summed E-state index contributed by atoms with van der Waals surface area (Å²) in [5.41, 5.74) is 2.04. The Labute approximate surface area is 164 Å². The highest BCUT2D eigenvalue weighted by molar-refractivity contribution is 5.99. The molecule has 3 nitrogen and oxygen atoms in total. The minimum Gasteiger partial charge on any atom is -0.348 e. The number of carbonyl (C=O) groups excluding carboxylic acids is 2. The van der Waals surface area contributed by atoms with Gasteiger partial charge in [0.25, 0.3) is 0 Å². The molecular weight excluding hydrogens is 367 g/mol. The first-order chi connectivity index (χ1) is 12.9. The Kier molecular flexibility index (Phi) is 5.13. The van der Waals surface area contributed by atoms with Gasteiger partial charge in [-0.05, 0) is 52.7 Å². The van der Waals surface area contributed by atoms with Crippen LogP contribution in [0.4, 0.5) is 13.2 Å². The second-order valence-corrected chi connectivity index (χ2v) is 9.25. The normalized spacial score (nSPS) is 30.0. The van der Waals surface area contributed by atoms with Crippen LogP contribution in [0.3, 0.4) is 0 Å². The van der Waals surface area contributed by atoms with Crippen molar-refractivity contribution in [2.24, 2.45) is 11.3 Å². The van der Waals surface area contributed by atoms with E-state index in [4.69, 9.17) is 0 Å². The van der Waals surface area contributed by atoms with Crippen LogP contribution < -0.4 is 5.32 Å². The number of rotatable bonds is 3. The molecule has 0 aromatic heterocycles. The number of Topliss-reactive ketones (excluding diaryl/α,β-unsaturated/α-hetero) is 1. The van der Waals surface area contributed by atoms with Gasteiger partial charge in [-0.15, -0.1) is 0 Å². The Bertz CT molecular complexity index is 801. The highest BCUT2D eigenvalue weighted by atomic mass is 19.4. The van der Waals surface area contributed by atoms with E-state index in [0.717, 1.165) is 29.5 Å². The molecule has 28 heavy (non-hydrogen) atoms. The molecular formula is C22H28F3NO2. The molecule has 1 aromatic rings. The third kappa shape index (κ3) is 3.46. The highest BCUT2D eigenvalue weighted by Crippen LogP contribution is 2.57. The third-order valence-electron chi connectivity index (χ3n) is 6.98. The number of benzene rings is 1. The van der Waals surface area contributed by atoms with Gasteiger partial charge >= 0.3 is 12.1 Å². The van der Waals surface area contributed by atoms with Gasteiger partial charge in [0.1, 0.15) is 0 Å². The average Bonchev–Trinajstić information content (AvgIpc) is 2.61. The molecule has 6 heteroatoms. The van der Waals surface area contributed by atoms with E-state index >= 15 is 0 Å². The summed E-state index contributed by atoms with van der Waals surface area (Å²) in [5, 5.41) is 2.07. The number of hydrogen-bond acceptors (Lipinski definition) is 2. The van der Waals surface area contributed by atoms with Crippen molar-refractivity contribution in [3.05, 3.63) is 34.9 Å². The van der Waals surface area contributed by atoms with Gasteiger partial charge in [0.2, 0.25) is 0 Å². The molecule has 1 aromatic carbocycles. The first-order valence-corrected chi connectivity index (χ1v) is 9.91. The van der Waals surface area contributed by atoms with Crippen LogP contribution in [0.1, 0.15) is 80.8 Å². The van der Waals surface area contributed by atoms with E-state index in [0.29, 0.717) is 18.8 Å². The van der Waals surface area contributed by atoms with Crippen LogP contribution in [0.2, 0.25) is 0 Å². The zero-order chi connectivity index (χ0) is 20.9. The Hall–Kier alpha value is -1.85. The number of amides is 1. The lowest BCUT2D eigenvalue weighted by Gasteiger charge is -2.55. The summed E-state index contributed by atoms with van der Waals surface area (Å²) in [7, 11) is 0. The summed E-state index contributed by atoms with van der Waals surface area (Å²) < 4.78 is 37.9. The van der Waals surface area contributed by atoms with Crippen molar-refractivity contribution in [3.8, 4) is 0 Å². The first-order valence-electron chi connectivity index (χ1n) is 9.91. The van der Waals surface area contributed by atoms with E-state index in [1.54, 1.807) is 0 Å². The Morgan fingerprint density at radius 2 is 1.93 bits per heavy atom. The number of ketones is 1. The molecule has 0 bridgehead atoms. The lowest BCUT2D eigenvalue weighted by Crippen LogP contribution is -2.55. The zero-order valence-corrected chi connectivity index (χ0v) is 16.9. The van der Waals surface area contributed by atoms with Crippen LogP contribution in [0.25, 0.3) is 0 Å². The molecule has 2 aliphatic rings. The topological polar surface area (TPSA) is 46.2 Å². The number of alkyl halides is 3. The van der Waals surface area contributed by atoms with Crippen LogP contribution in [0.15, 0.2) is 18.2 Å². The fourth-order valence-corrected chi connectivity index (χ4v) is 5.31. The van der Waals surface area contributed by atoms with Crippen molar-refractivity contribution in [2.45, 2.75) is 70.9 Å². The molecule has 1 saturated carbocycles. The minimum absolute atomic E-state index is 0.0512. The SMILES string of the molecule is CC(C)c1ccc2c(c1)C(=O)C[C@H]1[C@](C)(CNC(=O)C(F)(F)F)CCC[C@]21C. The number of hydrogen-bond donors (Lipinski definition) is 1. The molecule has 2 aliphatic carbocycles. The van der Waals surface area contributed by atoms with Crippen LogP contribution in [0, 0.1) is 11.3 Å². The fourth-order valence-electron chi connectivity index (χ4n) is 5.31. The molecule has 1 N–H and O–H groups in total. The largest absolute Gasteiger partial charge is 0.471 e. The Morgan fingerprint density at radius 3 is 2.54 bits per heavy atom. The Morgan fingerprint density at radius 1 is 1.25 bits per heavy atom. The van der Waals surface area contributed by atoms with E-state index < -0.39 is 17.5 Å². The summed E-state index contributed by atoms with van der Waals surface area (Å²) in [4.78, 5) is 24.3. The summed E-state index contributed by atoms with van der Waals surface area (Å²) in [5.74, 6) is -1.65.